The van der Waals surface area contributed by atoms with E-state index >= 15 is 0 Å². The number of nitrogens with two attached hydrogens (primary N) is 1. The summed E-state index contributed by atoms with van der Waals surface area (Å²) in [5.74, 6) is 0. The SMILES string of the molecule is C#C.C=C(N)C(C)(C)C(=C)NCCC(C)(C)F.C=C1CCCc2ccc(C)cc2N1CC(F)(F)F.CC. The van der Waals surface area contributed by atoms with Crippen molar-refractivity contribution >= 4 is 5.69 Å². The molecule has 0 aliphatic carbocycles. The van der Waals surface area contributed by atoms with Crippen molar-refractivity contribution < 1.29 is 17.6 Å². The van der Waals surface area contributed by atoms with Gasteiger partial charge in [-0.25, -0.2) is 4.39 Å². The molecule has 2 rings (SSSR count). The van der Waals surface area contributed by atoms with Gasteiger partial charge >= 0.3 is 6.18 Å². The lowest BCUT2D eigenvalue weighted by Gasteiger charge is -2.28. The van der Waals surface area contributed by atoms with Crippen molar-refractivity contribution in [2.45, 2.75) is 86.0 Å². The van der Waals surface area contributed by atoms with E-state index in [-0.39, 0.29) is 5.41 Å². The van der Waals surface area contributed by atoms with Crippen molar-refractivity contribution in [3.8, 4) is 12.8 Å². The zero-order valence-corrected chi connectivity index (χ0v) is 23.8. The van der Waals surface area contributed by atoms with Gasteiger partial charge in [-0.1, -0.05) is 45.7 Å². The zero-order valence-electron chi connectivity index (χ0n) is 23.8. The molecule has 0 spiro atoms. The van der Waals surface area contributed by atoms with Crippen LogP contribution >= 0.6 is 0 Å². The van der Waals surface area contributed by atoms with E-state index in [4.69, 9.17) is 5.73 Å². The summed E-state index contributed by atoms with van der Waals surface area (Å²) >= 11 is 0. The number of halogens is 4. The quantitative estimate of drug-likeness (QED) is 0.278. The second kappa shape index (κ2) is 16.1. The van der Waals surface area contributed by atoms with Crippen LogP contribution in [-0.2, 0) is 6.42 Å². The molecule has 0 saturated heterocycles. The van der Waals surface area contributed by atoms with Crippen molar-refractivity contribution in [1.29, 1.82) is 0 Å². The Morgan fingerprint density at radius 3 is 2.05 bits per heavy atom. The summed E-state index contributed by atoms with van der Waals surface area (Å²) in [6.45, 7) is 23.9. The van der Waals surface area contributed by atoms with E-state index in [9.17, 15) is 17.6 Å². The van der Waals surface area contributed by atoms with E-state index in [1.54, 1.807) is 13.8 Å². The molecule has 1 aliphatic rings. The monoisotopic (exact) mass is 525 g/mol. The standard InChI is InChI=1S/C14H16F3N.C12H23FN2.C2H6.C2H2/c1-10-6-7-12-5-3-4-11(2)18(13(12)8-10)9-14(15,16)17;1-9(14)12(5,6)10(2)15-8-7-11(3,4)13;2*1-2/h6-8H,2-5,9H2,1H3;15H,1-2,7-8,14H2,3-6H3;1-2H3;1-2H. The summed E-state index contributed by atoms with van der Waals surface area (Å²) in [6.07, 6.45) is 6.50. The fourth-order valence-electron chi connectivity index (χ4n) is 3.23. The van der Waals surface area contributed by atoms with Crippen LogP contribution in [0.25, 0.3) is 0 Å². The van der Waals surface area contributed by atoms with Crippen LogP contribution < -0.4 is 16.0 Å². The van der Waals surface area contributed by atoms with Crippen LogP contribution in [0.4, 0.5) is 23.2 Å². The molecule has 3 N–H and O–H groups in total. The van der Waals surface area contributed by atoms with Crippen LogP contribution in [0.15, 0.2) is 55.0 Å². The molecular weight excluding hydrogens is 478 g/mol. The van der Waals surface area contributed by atoms with Crippen molar-refractivity contribution in [3.63, 3.8) is 0 Å². The molecule has 1 aromatic rings. The Bertz CT molecular complexity index is 890. The lowest BCUT2D eigenvalue weighted by molar-refractivity contribution is -0.118. The minimum absolute atomic E-state index is 0.361. The number of aryl methyl sites for hydroxylation is 2. The van der Waals surface area contributed by atoms with E-state index in [1.807, 2.05) is 52.8 Å². The van der Waals surface area contributed by atoms with E-state index in [0.29, 0.717) is 36.5 Å². The molecule has 210 valence electrons. The molecule has 0 radical (unpaired) electrons. The molecule has 37 heavy (non-hydrogen) atoms. The van der Waals surface area contributed by atoms with Crippen molar-refractivity contribution in [2.24, 2.45) is 11.1 Å². The highest BCUT2D eigenvalue weighted by molar-refractivity contribution is 5.60. The predicted molar refractivity (Wildman–Crippen MR) is 152 cm³/mol. The number of anilines is 1. The van der Waals surface area contributed by atoms with Crippen molar-refractivity contribution in [2.75, 3.05) is 18.0 Å². The number of terminal acetylenes is 1. The summed E-state index contributed by atoms with van der Waals surface area (Å²) in [5, 5.41) is 3.09. The second-order valence-electron chi connectivity index (χ2n) is 9.78. The largest absolute Gasteiger partial charge is 0.406 e. The molecule has 0 saturated carbocycles. The summed E-state index contributed by atoms with van der Waals surface area (Å²) in [7, 11) is 0. The number of fused-ring (bicyclic) bond motifs is 1. The maximum Gasteiger partial charge on any atom is 0.406 e. The first-order valence-corrected chi connectivity index (χ1v) is 12.5. The van der Waals surface area contributed by atoms with Crippen LogP contribution in [0.2, 0.25) is 0 Å². The lowest BCUT2D eigenvalue weighted by atomic mass is 9.87. The highest BCUT2D eigenvalue weighted by atomic mass is 19.4. The maximum absolute atomic E-state index is 13.2. The molecular formula is C30H47F4N3. The van der Waals surface area contributed by atoms with E-state index < -0.39 is 18.4 Å². The number of hydrogen-bond donors (Lipinski definition) is 2. The number of nitrogens with zero attached hydrogens (tertiary/aromatic N) is 1. The third kappa shape index (κ3) is 13.9. The molecule has 0 unspecified atom stereocenters. The average molecular weight is 526 g/mol. The topological polar surface area (TPSA) is 41.3 Å². The molecule has 3 nitrogen and oxygen atoms in total. The highest BCUT2D eigenvalue weighted by Gasteiger charge is 2.33. The van der Waals surface area contributed by atoms with E-state index in [0.717, 1.165) is 29.7 Å². The summed E-state index contributed by atoms with van der Waals surface area (Å²) in [5.41, 5.74) is 8.63. The van der Waals surface area contributed by atoms with Gasteiger partial charge in [0.2, 0.25) is 0 Å². The Kier molecular flexibility index (Phi) is 15.8. The minimum atomic E-state index is -4.21. The number of nitrogens with one attached hydrogen (secondary N) is 1. The molecule has 7 heteroatoms. The van der Waals surface area contributed by atoms with Gasteiger partial charge in [-0.2, -0.15) is 13.2 Å². The number of alkyl halides is 4. The number of benzene rings is 1. The molecule has 0 amide bonds. The molecule has 1 aromatic carbocycles. The van der Waals surface area contributed by atoms with Gasteiger partial charge < -0.3 is 16.0 Å². The molecule has 0 atom stereocenters. The minimum Gasteiger partial charge on any atom is -0.402 e. The Labute approximate surface area is 222 Å². The first-order chi connectivity index (χ1) is 16.9. The van der Waals surface area contributed by atoms with Gasteiger partial charge in [0.15, 0.2) is 0 Å². The first kappa shape index (κ1) is 36.3. The maximum atomic E-state index is 13.2. The normalized spacial score (nSPS) is 13.2. The third-order valence-corrected chi connectivity index (χ3v) is 5.78. The van der Waals surface area contributed by atoms with Crippen molar-refractivity contribution in [1.82, 2.24) is 5.32 Å². The zero-order chi connectivity index (χ0) is 29.6. The van der Waals surface area contributed by atoms with Gasteiger partial charge in [0, 0.05) is 34.7 Å². The number of allylic oxidation sites excluding steroid dienone is 1. The second-order valence-corrected chi connectivity index (χ2v) is 9.78. The number of hydrogen-bond acceptors (Lipinski definition) is 3. The number of rotatable bonds is 7. The van der Waals surface area contributed by atoms with Gasteiger partial charge in [0.05, 0.1) is 0 Å². The van der Waals surface area contributed by atoms with Gasteiger partial charge in [-0.3, -0.25) is 0 Å². The van der Waals surface area contributed by atoms with Crippen LogP contribution in [0.5, 0.6) is 0 Å². The van der Waals surface area contributed by atoms with Crippen LogP contribution in [0.3, 0.4) is 0 Å². The fourth-order valence-corrected chi connectivity index (χ4v) is 3.23. The first-order valence-electron chi connectivity index (χ1n) is 12.5. The molecule has 0 bridgehead atoms. The van der Waals surface area contributed by atoms with Crippen LogP contribution in [0.1, 0.15) is 71.9 Å². The summed E-state index contributed by atoms with van der Waals surface area (Å²) in [6, 6.07) is 5.68. The van der Waals surface area contributed by atoms with Gasteiger partial charge in [0.1, 0.15) is 12.2 Å². The third-order valence-electron chi connectivity index (χ3n) is 5.78. The fraction of sp³-hybridized carbons (Fsp3) is 0.533. The van der Waals surface area contributed by atoms with Crippen molar-refractivity contribution in [3.05, 3.63) is 66.2 Å². The lowest BCUT2D eigenvalue weighted by Crippen LogP contribution is -2.33. The molecule has 0 fully saturated rings. The van der Waals surface area contributed by atoms with Gasteiger partial charge in [-0.05, 0) is 77.5 Å². The van der Waals surface area contributed by atoms with Crippen LogP contribution in [-0.4, -0.2) is 24.9 Å². The van der Waals surface area contributed by atoms with Gasteiger partial charge in [0.25, 0.3) is 0 Å². The Balaban J connectivity index is 0. The Morgan fingerprint density at radius 1 is 1.05 bits per heavy atom. The Morgan fingerprint density at radius 2 is 1.59 bits per heavy atom. The molecule has 1 aliphatic heterocycles. The van der Waals surface area contributed by atoms with Gasteiger partial charge in [-0.15, -0.1) is 12.8 Å². The Hall–Kier alpha value is -2.88. The average Bonchev–Trinajstić information content (AvgIpc) is 2.93. The van der Waals surface area contributed by atoms with Crippen LogP contribution in [0, 0.1) is 25.2 Å². The van der Waals surface area contributed by atoms with E-state index in [2.05, 4.69) is 37.9 Å². The summed E-state index contributed by atoms with van der Waals surface area (Å²) < 4.78 is 51.2. The predicted octanol–water partition coefficient (Wildman–Crippen LogP) is 8.22. The smallest absolute Gasteiger partial charge is 0.402 e. The molecule has 0 aromatic heterocycles. The van der Waals surface area contributed by atoms with E-state index in [1.165, 1.54) is 4.90 Å². The summed E-state index contributed by atoms with van der Waals surface area (Å²) in [4.78, 5) is 1.31. The molecule has 1 heterocycles. The highest BCUT2D eigenvalue weighted by Crippen LogP contribution is 2.34.